The number of azo groups is 1. The summed E-state index contributed by atoms with van der Waals surface area (Å²) in [5.74, 6) is 0.572. The van der Waals surface area contributed by atoms with E-state index in [1.807, 2.05) is 20.8 Å². The van der Waals surface area contributed by atoms with Crippen LogP contribution in [0.4, 0.5) is 11.5 Å². The van der Waals surface area contributed by atoms with E-state index >= 15 is 0 Å². The van der Waals surface area contributed by atoms with Crippen LogP contribution in [0.1, 0.15) is 26.5 Å². The van der Waals surface area contributed by atoms with Gasteiger partial charge < -0.3 is 14.0 Å². The fourth-order valence-corrected chi connectivity index (χ4v) is 1.98. The summed E-state index contributed by atoms with van der Waals surface area (Å²) in [4.78, 5) is 11.9. The number of hydrogen-bond donors (Lipinski definition) is 1. The molecule has 2 heterocycles. The molecule has 0 spiro atoms. The Morgan fingerprint density at radius 2 is 1.91 bits per heavy atom. The fraction of sp³-hybridized carbons (Fsp3) is 0.250. The first-order chi connectivity index (χ1) is 10.9. The highest BCUT2D eigenvalue weighted by Crippen LogP contribution is 2.32. The van der Waals surface area contributed by atoms with Crippen molar-refractivity contribution in [2.24, 2.45) is 10.2 Å². The monoisotopic (exact) mass is 313 g/mol. The first-order valence-electron chi connectivity index (χ1n) is 7.00. The van der Waals surface area contributed by atoms with Gasteiger partial charge in [-0.1, -0.05) is 38.1 Å². The van der Waals surface area contributed by atoms with Crippen molar-refractivity contribution in [1.82, 2.24) is 5.16 Å². The molecule has 0 aliphatic carbocycles. The number of nitrogens with zero attached hydrogens (tertiary/aromatic N) is 3. The van der Waals surface area contributed by atoms with Crippen molar-refractivity contribution in [2.45, 2.75) is 26.2 Å². The maximum absolute atomic E-state index is 11.9. The number of benzene rings is 1. The summed E-state index contributed by atoms with van der Waals surface area (Å²) in [5, 5.41) is 21.9. The molecule has 0 amide bonds. The maximum atomic E-state index is 11.9. The van der Waals surface area contributed by atoms with E-state index in [0.29, 0.717) is 11.1 Å². The minimum Gasteiger partial charge on any atom is -0.505 e. The predicted octanol–water partition coefficient (Wildman–Crippen LogP) is 4.20. The van der Waals surface area contributed by atoms with Crippen LogP contribution in [0.3, 0.4) is 0 Å². The molecule has 7 nitrogen and oxygen atoms in total. The molecule has 0 aliphatic heterocycles. The van der Waals surface area contributed by atoms with Gasteiger partial charge in [0.2, 0.25) is 11.5 Å². The quantitative estimate of drug-likeness (QED) is 0.564. The van der Waals surface area contributed by atoms with Gasteiger partial charge >= 0.3 is 5.63 Å². The zero-order chi connectivity index (χ0) is 16.6. The van der Waals surface area contributed by atoms with Gasteiger partial charge in [0.15, 0.2) is 5.75 Å². The molecule has 3 aromatic rings. The molecule has 0 unspecified atom stereocenters. The number of fused-ring (bicyclic) bond motifs is 1. The second-order valence-corrected chi connectivity index (χ2v) is 6.08. The number of para-hydroxylation sites is 1. The minimum absolute atomic E-state index is 0.210. The SMILES string of the molecule is CC(C)(C)c1cc(N=Nc2c(O)c3ccccc3oc2=O)no1. The Hall–Kier alpha value is -2.96. The Labute approximate surface area is 131 Å². The smallest absolute Gasteiger partial charge is 0.368 e. The van der Waals surface area contributed by atoms with Gasteiger partial charge in [0.1, 0.15) is 11.3 Å². The summed E-state index contributed by atoms with van der Waals surface area (Å²) in [6.07, 6.45) is 0. The highest BCUT2D eigenvalue weighted by Gasteiger charge is 2.20. The maximum Gasteiger partial charge on any atom is 0.368 e. The van der Waals surface area contributed by atoms with Gasteiger partial charge in [-0.3, -0.25) is 0 Å². The lowest BCUT2D eigenvalue weighted by Gasteiger charge is -2.11. The molecule has 7 heteroatoms. The summed E-state index contributed by atoms with van der Waals surface area (Å²) >= 11 is 0. The molecule has 0 saturated carbocycles. The van der Waals surface area contributed by atoms with E-state index < -0.39 is 5.63 Å². The molecular weight excluding hydrogens is 298 g/mol. The average molecular weight is 313 g/mol. The number of rotatable bonds is 2. The van der Waals surface area contributed by atoms with E-state index in [4.69, 9.17) is 8.94 Å². The van der Waals surface area contributed by atoms with Crippen LogP contribution in [0, 0.1) is 0 Å². The van der Waals surface area contributed by atoms with Crippen LogP contribution in [-0.2, 0) is 5.41 Å². The number of aromatic hydroxyl groups is 1. The zero-order valence-electron chi connectivity index (χ0n) is 12.9. The van der Waals surface area contributed by atoms with E-state index in [1.54, 1.807) is 30.3 Å². The summed E-state index contributed by atoms with van der Waals surface area (Å²) < 4.78 is 10.3. The molecule has 118 valence electrons. The van der Waals surface area contributed by atoms with Gasteiger partial charge in [0.05, 0.1) is 5.39 Å². The Kier molecular flexibility index (Phi) is 3.48. The largest absolute Gasteiger partial charge is 0.505 e. The lowest BCUT2D eigenvalue weighted by Crippen LogP contribution is -2.08. The predicted molar refractivity (Wildman–Crippen MR) is 83.5 cm³/mol. The Balaban J connectivity index is 2.01. The van der Waals surface area contributed by atoms with Gasteiger partial charge in [-0.15, -0.1) is 10.2 Å². The molecule has 0 fully saturated rings. The van der Waals surface area contributed by atoms with Crippen LogP contribution in [0.25, 0.3) is 11.0 Å². The van der Waals surface area contributed by atoms with Crippen LogP contribution in [0.2, 0.25) is 0 Å². The minimum atomic E-state index is -0.774. The van der Waals surface area contributed by atoms with Crippen molar-refractivity contribution in [2.75, 3.05) is 0 Å². The van der Waals surface area contributed by atoms with E-state index in [0.717, 1.165) is 0 Å². The van der Waals surface area contributed by atoms with Crippen molar-refractivity contribution in [3.63, 3.8) is 0 Å². The summed E-state index contributed by atoms with van der Waals surface area (Å²) in [7, 11) is 0. The zero-order valence-corrected chi connectivity index (χ0v) is 12.9. The molecule has 3 rings (SSSR count). The summed E-state index contributed by atoms with van der Waals surface area (Å²) in [6.45, 7) is 5.91. The van der Waals surface area contributed by atoms with Gasteiger partial charge in [-0.2, -0.15) is 0 Å². The molecule has 2 aromatic heterocycles. The van der Waals surface area contributed by atoms with Crippen LogP contribution in [0.15, 0.2) is 54.3 Å². The van der Waals surface area contributed by atoms with Crippen LogP contribution in [-0.4, -0.2) is 10.3 Å². The third-order valence-electron chi connectivity index (χ3n) is 3.25. The molecule has 0 atom stereocenters. The molecule has 0 aliphatic rings. The van der Waals surface area contributed by atoms with E-state index in [-0.39, 0.29) is 28.3 Å². The van der Waals surface area contributed by atoms with Crippen molar-refractivity contribution in [3.8, 4) is 5.75 Å². The topological polar surface area (TPSA) is 101 Å². The van der Waals surface area contributed by atoms with E-state index in [9.17, 15) is 9.90 Å². The Morgan fingerprint density at radius 1 is 1.17 bits per heavy atom. The van der Waals surface area contributed by atoms with Crippen molar-refractivity contribution < 1.29 is 14.0 Å². The van der Waals surface area contributed by atoms with E-state index in [1.165, 1.54) is 0 Å². The molecule has 1 N–H and O–H groups in total. The second-order valence-electron chi connectivity index (χ2n) is 6.08. The van der Waals surface area contributed by atoms with Crippen LogP contribution < -0.4 is 5.63 Å². The third-order valence-corrected chi connectivity index (χ3v) is 3.25. The highest BCUT2D eigenvalue weighted by atomic mass is 16.5. The number of hydrogen-bond acceptors (Lipinski definition) is 7. The van der Waals surface area contributed by atoms with Crippen molar-refractivity contribution in [3.05, 3.63) is 46.5 Å². The molecule has 0 radical (unpaired) electrons. The first-order valence-corrected chi connectivity index (χ1v) is 7.00. The normalized spacial score (nSPS) is 12.3. The summed E-state index contributed by atoms with van der Waals surface area (Å²) in [5.41, 5.74) is -0.982. The molecule has 0 bridgehead atoms. The van der Waals surface area contributed by atoms with Crippen LogP contribution in [0.5, 0.6) is 5.75 Å². The van der Waals surface area contributed by atoms with Crippen LogP contribution >= 0.6 is 0 Å². The van der Waals surface area contributed by atoms with Crippen molar-refractivity contribution in [1.29, 1.82) is 0 Å². The first kappa shape index (κ1) is 15.0. The third kappa shape index (κ3) is 2.85. The van der Waals surface area contributed by atoms with Gasteiger partial charge in [0, 0.05) is 11.5 Å². The Bertz CT molecular complexity index is 948. The van der Waals surface area contributed by atoms with Gasteiger partial charge in [0.25, 0.3) is 0 Å². The Morgan fingerprint density at radius 3 is 2.61 bits per heavy atom. The van der Waals surface area contributed by atoms with Gasteiger partial charge in [-0.25, -0.2) is 4.79 Å². The summed E-state index contributed by atoms with van der Waals surface area (Å²) in [6, 6.07) is 8.26. The molecule has 1 aromatic carbocycles. The second kappa shape index (κ2) is 5.35. The highest BCUT2D eigenvalue weighted by molar-refractivity contribution is 5.87. The fourth-order valence-electron chi connectivity index (χ4n) is 1.98. The molecule has 23 heavy (non-hydrogen) atoms. The average Bonchev–Trinajstić information content (AvgIpc) is 2.96. The lowest BCUT2D eigenvalue weighted by molar-refractivity contribution is 0.330. The lowest BCUT2D eigenvalue weighted by atomic mass is 9.93. The molecular formula is C16H15N3O4. The standard InChI is InChI=1S/C16H15N3O4/c1-16(2,3)11-8-12(19-23-11)17-18-13-14(20)9-6-4-5-7-10(9)22-15(13)21/h4-8,20H,1-3H3. The van der Waals surface area contributed by atoms with Crippen molar-refractivity contribution >= 4 is 22.5 Å². The molecule has 0 saturated heterocycles. The van der Waals surface area contributed by atoms with E-state index in [2.05, 4.69) is 15.4 Å². The van der Waals surface area contributed by atoms with Gasteiger partial charge in [-0.05, 0) is 12.1 Å². The number of aromatic nitrogens is 1.